The first-order chi connectivity index (χ1) is 8.70. The second kappa shape index (κ2) is 6.03. The van der Waals surface area contributed by atoms with Crippen LogP contribution in [0, 0.1) is 0 Å². The summed E-state index contributed by atoms with van der Waals surface area (Å²) in [6.45, 7) is 1.57. The monoisotopic (exact) mass is 251 g/mol. The average molecular weight is 251 g/mol. The van der Waals surface area contributed by atoms with Gasteiger partial charge in [-0.05, 0) is 38.5 Å². The molecule has 18 heavy (non-hydrogen) atoms. The van der Waals surface area contributed by atoms with Crippen molar-refractivity contribution in [1.29, 1.82) is 0 Å². The topological polar surface area (TPSA) is 57.6 Å². The molecule has 0 atom stereocenters. The standard InChI is InChI=1S/C14H21NO3/c16-13(15-9-5-1-2-6-10-15)11-7-3-4-8-12(11)14(17)18/h1-10H2,(H,17,18). The summed E-state index contributed by atoms with van der Waals surface area (Å²) >= 11 is 0. The normalized spacial score (nSPS) is 21.7. The van der Waals surface area contributed by atoms with E-state index in [1.165, 1.54) is 12.8 Å². The van der Waals surface area contributed by atoms with E-state index in [0.29, 0.717) is 24.0 Å². The van der Waals surface area contributed by atoms with Gasteiger partial charge in [0.25, 0.3) is 0 Å². The molecule has 1 amide bonds. The first-order valence-corrected chi connectivity index (χ1v) is 6.95. The lowest BCUT2D eigenvalue weighted by molar-refractivity contribution is -0.134. The van der Waals surface area contributed by atoms with Crippen LogP contribution in [0.25, 0.3) is 0 Å². The summed E-state index contributed by atoms with van der Waals surface area (Å²) in [7, 11) is 0. The Labute approximate surface area is 108 Å². The smallest absolute Gasteiger partial charge is 0.332 e. The summed E-state index contributed by atoms with van der Waals surface area (Å²) in [6, 6.07) is 0. The Hall–Kier alpha value is -1.32. The van der Waals surface area contributed by atoms with E-state index in [1.807, 2.05) is 4.90 Å². The van der Waals surface area contributed by atoms with Gasteiger partial charge in [-0.1, -0.05) is 12.8 Å². The molecule has 0 radical (unpaired) electrons. The van der Waals surface area contributed by atoms with Crippen molar-refractivity contribution in [2.24, 2.45) is 0 Å². The van der Waals surface area contributed by atoms with Crippen LogP contribution < -0.4 is 0 Å². The number of rotatable bonds is 2. The molecule has 100 valence electrons. The first-order valence-electron chi connectivity index (χ1n) is 6.95. The molecular weight excluding hydrogens is 230 g/mol. The van der Waals surface area contributed by atoms with Crippen molar-refractivity contribution >= 4 is 11.9 Å². The van der Waals surface area contributed by atoms with Crippen LogP contribution in [-0.4, -0.2) is 35.0 Å². The molecule has 0 aromatic heterocycles. The molecule has 1 saturated heterocycles. The molecule has 0 saturated carbocycles. The van der Waals surface area contributed by atoms with Crippen molar-refractivity contribution in [3.05, 3.63) is 11.1 Å². The summed E-state index contributed by atoms with van der Waals surface area (Å²) in [5, 5.41) is 9.18. The highest BCUT2D eigenvalue weighted by atomic mass is 16.4. The lowest BCUT2D eigenvalue weighted by Gasteiger charge is -2.25. The Kier molecular flexibility index (Phi) is 4.39. The molecule has 2 rings (SSSR count). The number of carboxylic acids is 1. The van der Waals surface area contributed by atoms with Crippen LogP contribution in [0.5, 0.6) is 0 Å². The molecule has 1 aliphatic heterocycles. The summed E-state index contributed by atoms with van der Waals surface area (Å²) < 4.78 is 0. The molecule has 0 unspecified atom stereocenters. The van der Waals surface area contributed by atoms with Gasteiger partial charge in [0.1, 0.15) is 0 Å². The number of amides is 1. The van der Waals surface area contributed by atoms with E-state index in [1.54, 1.807) is 0 Å². The van der Waals surface area contributed by atoms with E-state index in [0.717, 1.165) is 38.8 Å². The molecule has 4 heteroatoms. The first kappa shape index (κ1) is 13.1. The van der Waals surface area contributed by atoms with Crippen molar-refractivity contribution in [3.63, 3.8) is 0 Å². The average Bonchev–Trinajstić information content (AvgIpc) is 2.66. The van der Waals surface area contributed by atoms with Crippen molar-refractivity contribution in [2.75, 3.05) is 13.1 Å². The number of nitrogens with zero attached hydrogens (tertiary/aromatic N) is 1. The summed E-state index contributed by atoms with van der Waals surface area (Å²) in [5.74, 6) is -0.929. The van der Waals surface area contributed by atoms with Crippen LogP contribution in [0.4, 0.5) is 0 Å². The molecule has 1 aliphatic carbocycles. The van der Waals surface area contributed by atoms with E-state index < -0.39 is 5.97 Å². The van der Waals surface area contributed by atoms with Crippen molar-refractivity contribution < 1.29 is 14.7 Å². The maximum atomic E-state index is 12.4. The van der Waals surface area contributed by atoms with Gasteiger partial charge in [-0.25, -0.2) is 4.79 Å². The van der Waals surface area contributed by atoms with Gasteiger partial charge in [0, 0.05) is 24.2 Å². The third-order valence-electron chi connectivity index (χ3n) is 3.88. The molecule has 0 bridgehead atoms. The number of likely N-dealkylation sites (tertiary alicyclic amines) is 1. The molecule has 1 fully saturated rings. The fourth-order valence-electron chi connectivity index (χ4n) is 2.84. The quantitative estimate of drug-likeness (QED) is 0.819. The molecule has 4 nitrogen and oxygen atoms in total. The summed E-state index contributed by atoms with van der Waals surface area (Å²) in [4.78, 5) is 25.5. The van der Waals surface area contributed by atoms with E-state index in [-0.39, 0.29) is 5.91 Å². The van der Waals surface area contributed by atoms with E-state index in [2.05, 4.69) is 0 Å². The van der Waals surface area contributed by atoms with Crippen LogP contribution in [0.3, 0.4) is 0 Å². The van der Waals surface area contributed by atoms with Gasteiger partial charge in [-0.15, -0.1) is 0 Å². The molecule has 0 aromatic rings. The maximum Gasteiger partial charge on any atom is 0.332 e. The van der Waals surface area contributed by atoms with Crippen molar-refractivity contribution in [1.82, 2.24) is 4.90 Å². The molecular formula is C14H21NO3. The van der Waals surface area contributed by atoms with Gasteiger partial charge in [-0.2, -0.15) is 0 Å². The summed E-state index contributed by atoms with van der Waals surface area (Å²) in [5.41, 5.74) is 0.922. The minimum absolute atomic E-state index is 0.0194. The number of hydrogen-bond acceptors (Lipinski definition) is 2. The second-order valence-corrected chi connectivity index (χ2v) is 5.18. The second-order valence-electron chi connectivity index (χ2n) is 5.18. The Balaban J connectivity index is 2.16. The number of carbonyl (C=O) groups is 2. The SMILES string of the molecule is O=C(O)C1=C(C(=O)N2CCCCCC2)CCCC1. The van der Waals surface area contributed by atoms with Gasteiger partial charge < -0.3 is 10.0 Å². The zero-order chi connectivity index (χ0) is 13.0. The van der Waals surface area contributed by atoms with Crippen LogP contribution in [0.2, 0.25) is 0 Å². The Morgan fingerprint density at radius 3 is 1.94 bits per heavy atom. The minimum Gasteiger partial charge on any atom is -0.478 e. The molecule has 1 N–H and O–H groups in total. The minimum atomic E-state index is -0.909. The van der Waals surface area contributed by atoms with Crippen LogP contribution in [0.15, 0.2) is 11.1 Å². The number of hydrogen-bond donors (Lipinski definition) is 1. The predicted molar refractivity (Wildman–Crippen MR) is 68.2 cm³/mol. The van der Waals surface area contributed by atoms with E-state index in [9.17, 15) is 14.7 Å². The molecule has 0 aromatic carbocycles. The van der Waals surface area contributed by atoms with Crippen LogP contribution in [-0.2, 0) is 9.59 Å². The summed E-state index contributed by atoms with van der Waals surface area (Å²) in [6.07, 6.45) is 7.44. The van der Waals surface area contributed by atoms with Gasteiger partial charge >= 0.3 is 5.97 Å². The largest absolute Gasteiger partial charge is 0.478 e. The lowest BCUT2D eigenvalue weighted by Crippen LogP contribution is -2.34. The van der Waals surface area contributed by atoms with E-state index >= 15 is 0 Å². The van der Waals surface area contributed by atoms with Gasteiger partial charge in [0.2, 0.25) is 5.91 Å². The molecule has 2 aliphatic rings. The Morgan fingerprint density at radius 2 is 1.39 bits per heavy atom. The zero-order valence-corrected chi connectivity index (χ0v) is 10.8. The number of aliphatic carboxylic acids is 1. The lowest BCUT2D eigenvalue weighted by atomic mass is 9.91. The van der Waals surface area contributed by atoms with E-state index in [4.69, 9.17) is 0 Å². The van der Waals surface area contributed by atoms with Crippen molar-refractivity contribution in [2.45, 2.75) is 51.4 Å². The fourth-order valence-corrected chi connectivity index (χ4v) is 2.84. The fraction of sp³-hybridized carbons (Fsp3) is 0.714. The van der Waals surface area contributed by atoms with Gasteiger partial charge in [-0.3, -0.25) is 4.79 Å². The third kappa shape index (κ3) is 2.92. The molecule has 0 spiro atoms. The third-order valence-corrected chi connectivity index (χ3v) is 3.88. The maximum absolute atomic E-state index is 12.4. The highest BCUT2D eigenvalue weighted by Crippen LogP contribution is 2.27. The highest BCUT2D eigenvalue weighted by molar-refractivity contribution is 6.02. The predicted octanol–water partition coefficient (Wildman–Crippen LogP) is 2.34. The Morgan fingerprint density at radius 1 is 0.833 bits per heavy atom. The molecule has 1 heterocycles. The van der Waals surface area contributed by atoms with Gasteiger partial charge in [0.05, 0.1) is 0 Å². The van der Waals surface area contributed by atoms with Crippen LogP contribution in [0.1, 0.15) is 51.4 Å². The highest BCUT2D eigenvalue weighted by Gasteiger charge is 2.27. The number of carboxylic acid groups (broad SMARTS) is 1. The zero-order valence-electron chi connectivity index (χ0n) is 10.8. The van der Waals surface area contributed by atoms with Gasteiger partial charge in [0.15, 0.2) is 0 Å². The number of carbonyl (C=O) groups excluding carboxylic acids is 1. The Bertz CT molecular complexity index is 365. The van der Waals surface area contributed by atoms with Crippen LogP contribution >= 0.6 is 0 Å². The van der Waals surface area contributed by atoms with Crippen molar-refractivity contribution in [3.8, 4) is 0 Å².